The fourth-order valence-electron chi connectivity index (χ4n) is 3.57. The second-order valence-electron chi connectivity index (χ2n) is 6.36. The highest BCUT2D eigenvalue weighted by Crippen LogP contribution is 2.31. The average Bonchev–Trinajstić information content (AvgIpc) is 2.91. The monoisotopic (exact) mass is 310 g/mol. The molecule has 2 heterocycles. The van der Waals surface area contributed by atoms with Crippen molar-refractivity contribution in [1.29, 1.82) is 0 Å². The van der Waals surface area contributed by atoms with Gasteiger partial charge in [0.1, 0.15) is 0 Å². The molecule has 1 unspecified atom stereocenters. The summed E-state index contributed by atoms with van der Waals surface area (Å²) in [7, 11) is 2.10. The Morgan fingerprint density at radius 3 is 2.71 bits per heavy atom. The molecule has 2 fully saturated rings. The highest BCUT2D eigenvalue weighted by atomic mass is 32.1. The van der Waals surface area contributed by atoms with Gasteiger partial charge in [0, 0.05) is 26.2 Å². The summed E-state index contributed by atoms with van der Waals surface area (Å²) in [5.41, 5.74) is 0. The highest BCUT2D eigenvalue weighted by molar-refractivity contribution is 7.71. The van der Waals surface area contributed by atoms with Crippen LogP contribution in [0, 0.1) is 4.77 Å². The van der Waals surface area contributed by atoms with Crippen LogP contribution < -0.4 is 4.90 Å². The lowest BCUT2D eigenvalue weighted by Crippen LogP contribution is -2.35. The summed E-state index contributed by atoms with van der Waals surface area (Å²) in [6, 6.07) is 0.509. The van der Waals surface area contributed by atoms with E-state index in [1.165, 1.54) is 44.9 Å². The molecule has 6 heteroatoms. The van der Waals surface area contributed by atoms with Crippen molar-refractivity contribution in [3.05, 3.63) is 4.77 Å². The second kappa shape index (κ2) is 6.92. The summed E-state index contributed by atoms with van der Waals surface area (Å²) < 4.78 is 8.84. The van der Waals surface area contributed by atoms with Gasteiger partial charge in [-0.25, -0.2) is 5.10 Å². The van der Waals surface area contributed by atoms with Gasteiger partial charge >= 0.3 is 0 Å². The van der Waals surface area contributed by atoms with Crippen LogP contribution in [0.3, 0.4) is 0 Å². The Morgan fingerprint density at radius 1 is 1.24 bits per heavy atom. The smallest absolute Gasteiger partial charge is 0.225 e. The van der Waals surface area contributed by atoms with Crippen LogP contribution in [0.25, 0.3) is 0 Å². The van der Waals surface area contributed by atoms with Gasteiger partial charge in [-0.1, -0.05) is 19.3 Å². The van der Waals surface area contributed by atoms with Gasteiger partial charge in [-0.3, -0.25) is 4.57 Å². The molecule has 1 saturated carbocycles. The Labute approximate surface area is 131 Å². The first-order valence-electron chi connectivity index (χ1n) is 8.25. The zero-order valence-electron chi connectivity index (χ0n) is 12.9. The van der Waals surface area contributed by atoms with E-state index < -0.39 is 0 Å². The number of aromatic nitrogens is 3. The first kappa shape index (κ1) is 15.0. The fourth-order valence-corrected chi connectivity index (χ4v) is 3.85. The maximum absolute atomic E-state index is 5.85. The molecule has 1 aliphatic carbocycles. The predicted octanol–water partition coefficient (Wildman–Crippen LogP) is 3.45. The Bertz CT molecular complexity index is 500. The molecule has 1 saturated heterocycles. The lowest BCUT2D eigenvalue weighted by molar-refractivity contribution is 0.0213. The van der Waals surface area contributed by atoms with E-state index >= 15 is 0 Å². The Morgan fingerprint density at radius 2 is 2.00 bits per heavy atom. The maximum atomic E-state index is 5.85. The maximum Gasteiger partial charge on any atom is 0.225 e. The number of aromatic amines is 1. The third-order valence-corrected chi connectivity index (χ3v) is 5.01. The summed E-state index contributed by atoms with van der Waals surface area (Å²) in [5.74, 6) is 0.973. The molecule has 1 N–H and O–H groups in total. The Kier molecular flexibility index (Phi) is 4.95. The minimum Gasteiger partial charge on any atom is -0.376 e. The summed E-state index contributed by atoms with van der Waals surface area (Å²) in [6.45, 7) is 1.79. The number of hydrogen-bond acceptors (Lipinski definition) is 4. The van der Waals surface area contributed by atoms with Gasteiger partial charge in [0.05, 0.1) is 6.10 Å². The molecular formula is C15H26N4OS. The van der Waals surface area contributed by atoms with Gasteiger partial charge in [0.15, 0.2) is 4.77 Å². The van der Waals surface area contributed by atoms with E-state index in [9.17, 15) is 0 Å². The molecule has 3 rings (SSSR count). The molecule has 5 nitrogen and oxygen atoms in total. The van der Waals surface area contributed by atoms with Crippen molar-refractivity contribution < 1.29 is 4.74 Å². The van der Waals surface area contributed by atoms with E-state index in [0.29, 0.717) is 12.1 Å². The summed E-state index contributed by atoms with van der Waals surface area (Å²) >= 11 is 5.46. The van der Waals surface area contributed by atoms with Crippen LogP contribution >= 0.6 is 12.2 Å². The van der Waals surface area contributed by atoms with E-state index in [1.54, 1.807) is 0 Å². The molecule has 1 aromatic rings. The van der Waals surface area contributed by atoms with E-state index in [4.69, 9.17) is 17.0 Å². The van der Waals surface area contributed by atoms with Crippen molar-refractivity contribution in [3.8, 4) is 0 Å². The number of likely N-dealkylation sites (N-methyl/N-ethyl adjacent to an activating group) is 1. The van der Waals surface area contributed by atoms with Gasteiger partial charge in [-0.15, -0.1) is 5.10 Å². The van der Waals surface area contributed by atoms with Gasteiger partial charge in [-0.2, -0.15) is 0 Å². The van der Waals surface area contributed by atoms with Crippen molar-refractivity contribution in [3.63, 3.8) is 0 Å². The zero-order valence-corrected chi connectivity index (χ0v) is 13.7. The van der Waals surface area contributed by atoms with Crippen LogP contribution in [0.2, 0.25) is 0 Å². The van der Waals surface area contributed by atoms with E-state index in [2.05, 4.69) is 26.7 Å². The van der Waals surface area contributed by atoms with Crippen LogP contribution in [-0.2, 0) is 4.74 Å². The lowest BCUT2D eigenvalue weighted by Gasteiger charge is -2.30. The first-order chi connectivity index (χ1) is 10.3. The zero-order chi connectivity index (χ0) is 14.7. The third kappa shape index (κ3) is 3.48. The van der Waals surface area contributed by atoms with Crippen molar-refractivity contribution >= 4 is 18.2 Å². The summed E-state index contributed by atoms with van der Waals surface area (Å²) in [6.07, 6.45) is 10.3. The molecule has 0 radical (unpaired) electrons. The van der Waals surface area contributed by atoms with Gasteiger partial charge in [0.2, 0.25) is 5.95 Å². The van der Waals surface area contributed by atoms with Crippen molar-refractivity contribution in [1.82, 2.24) is 14.8 Å². The molecule has 118 valence electrons. The molecule has 0 bridgehead atoms. The topological polar surface area (TPSA) is 46.1 Å². The fraction of sp³-hybridized carbons (Fsp3) is 0.867. The van der Waals surface area contributed by atoms with Crippen LogP contribution in [0.4, 0.5) is 5.95 Å². The molecule has 0 spiro atoms. The van der Waals surface area contributed by atoms with E-state index in [1.807, 2.05) is 0 Å². The van der Waals surface area contributed by atoms with Crippen molar-refractivity contribution in [2.75, 3.05) is 25.1 Å². The minimum absolute atomic E-state index is 0.328. The Hall–Kier alpha value is -0.880. The van der Waals surface area contributed by atoms with Crippen molar-refractivity contribution in [2.24, 2.45) is 0 Å². The average molecular weight is 310 g/mol. The number of hydrogen-bond donors (Lipinski definition) is 1. The largest absolute Gasteiger partial charge is 0.376 e. The number of ether oxygens (including phenoxy) is 1. The second-order valence-corrected chi connectivity index (χ2v) is 6.75. The van der Waals surface area contributed by atoms with E-state index in [0.717, 1.165) is 30.3 Å². The molecular weight excluding hydrogens is 284 g/mol. The Balaban J connectivity index is 1.73. The lowest BCUT2D eigenvalue weighted by atomic mass is 9.95. The molecule has 2 aliphatic rings. The highest BCUT2D eigenvalue weighted by Gasteiger charge is 2.23. The van der Waals surface area contributed by atoms with Gasteiger partial charge in [0.25, 0.3) is 0 Å². The SMILES string of the molecule is CN(CC1CCCCO1)c1n[nH]c(=S)n1C1CCCCC1. The molecule has 1 atom stereocenters. The molecule has 0 amide bonds. The summed E-state index contributed by atoms with van der Waals surface area (Å²) in [4.78, 5) is 2.21. The number of nitrogens with one attached hydrogen (secondary N) is 1. The predicted molar refractivity (Wildman–Crippen MR) is 86.4 cm³/mol. The van der Waals surface area contributed by atoms with Gasteiger partial charge < -0.3 is 9.64 Å². The quantitative estimate of drug-likeness (QED) is 0.865. The van der Waals surface area contributed by atoms with Crippen LogP contribution in [0.15, 0.2) is 0 Å². The van der Waals surface area contributed by atoms with Crippen LogP contribution in [0.5, 0.6) is 0 Å². The summed E-state index contributed by atoms with van der Waals surface area (Å²) in [5, 5.41) is 7.46. The van der Waals surface area contributed by atoms with Gasteiger partial charge in [-0.05, 0) is 44.3 Å². The molecule has 0 aromatic carbocycles. The number of rotatable bonds is 4. The van der Waals surface area contributed by atoms with E-state index in [-0.39, 0.29) is 0 Å². The minimum atomic E-state index is 0.328. The van der Waals surface area contributed by atoms with Crippen LogP contribution in [0.1, 0.15) is 57.4 Å². The first-order valence-corrected chi connectivity index (χ1v) is 8.66. The standard InChI is InChI=1S/C15H26N4OS/c1-18(11-13-9-5-6-10-20-13)14-16-17-15(21)19(14)12-7-3-2-4-8-12/h12-13H,2-11H2,1H3,(H,17,21). The number of nitrogens with zero attached hydrogens (tertiary/aromatic N) is 3. The number of anilines is 1. The van der Waals surface area contributed by atoms with Crippen molar-refractivity contribution in [2.45, 2.75) is 63.5 Å². The van der Waals surface area contributed by atoms with Crippen LogP contribution in [-0.4, -0.2) is 41.1 Å². The third-order valence-electron chi connectivity index (χ3n) is 4.72. The molecule has 1 aliphatic heterocycles. The molecule has 21 heavy (non-hydrogen) atoms. The normalized spacial score (nSPS) is 24.1. The number of H-pyrrole nitrogens is 1. The molecule has 1 aromatic heterocycles.